The second-order valence-electron chi connectivity index (χ2n) is 6.13. The van der Waals surface area contributed by atoms with Crippen LogP contribution in [0.2, 0.25) is 0 Å². The summed E-state index contributed by atoms with van der Waals surface area (Å²) < 4.78 is 41.1. The van der Waals surface area contributed by atoms with Crippen molar-refractivity contribution < 1.29 is 27.8 Å². The molecule has 2 rings (SSSR count). The van der Waals surface area contributed by atoms with Gasteiger partial charge >= 0.3 is 6.18 Å². The first-order valence-electron chi connectivity index (χ1n) is 7.42. The first kappa shape index (κ1) is 17.6. The molecule has 1 aliphatic rings. The van der Waals surface area contributed by atoms with E-state index in [1.54, 1.807) is 19.1 Å². The lowest BCUT2D eigenvalue weighted by Crippen LogP contribution is -2.51. The van der Waals surface area contributed by atoms with Gasteiger partial charge in [0.1, 0.15) is 5.75 Å². The zero-order valence-electron chi connectivity index (χ0n) is 12.8. The van der Waals surface area contributed by atoms with Crippen LogP contribution in [0.1, 0.15) is 25.3 Å². The Morgan fingerprint density at radius 1 is 1.39 bits per heavy atom. The molecule has 1 aromatic rings. The summed E-state index contributed by atoms with van der Waals surface area (Å²) in [5, 5.41) is 12.3. The van der Waals surface area contributed by atoms with Gasteiger partial charge < -0.3 is 15.2 Å². The number of rotatable bonds is 7. The number of carbonyl (C=O) groups is 1. The molecule has 23 heavy (non-hydrogen) atoms. The van der Waals surface area contributed by atoms with E-state index in [0.717, 1.165) is 12.8 Å². The van der Waals surface area contributed by atoms with Crippen molar-refractivity contribution in [2.75, 3.05) is 13.2 Å². The maximum atomic E-state index is 12.1. The Balaban J connectivity index is 1.93. The Morgan fingerprint density at radius 2 is 2.09 bits per heavy atom. The third-order valence-electron chi connectivity index (χ3n) is 3.90. The molecule has 4 nitrogen and oxygen atoms in total. The Bertz CT molecular complexity index is 558. The Labute approximate surface area is 132 Å². The average Bonchev–Trinajstić information content (AvgIpc) is 3.29. The van der Waals surface area contributed by atoms with Crippen LogP contribution in [0.15, 0.2) is 24.3 Å². The fraction of sp³-hybridized carbons (Fsp3) is 0.562. The van der Waals surface area contributed by atoms with Gasteiger partial charge in [0.05, 0.1) is 18.6 Å². The lowest BCUT2D eigenvalue weighted by Gasteiger charge is -2.28. The van der Waals surface area contributed by atoms with E-state index in [1.165, 1.54) is 12.1 Å². The number of alkyl halides is 3. The van der Waals surface area contributed by atoms with Crippen LogP contribution in [-0.2, 0) is 11.2 Å². The molecule has 0 heterocycles. The molecule has 0 aromatic heterocycles. The second kappa shape index (κ2) is 6.78. The first-order valence-corrected chi connectivity index (χ1v) is 7.42. The van der Waals surface area contributed by atoms with E-state index < -0.39 is 18.3 Å². The minimum absolute atomic E-state index is 0.0194. The van der Waals surface area contributed by atoms with Gasteiger partial charge in [-0.2, -0.15) is 13.2 Å². The molecule has 128 valence electrons. The van der Waals surface area contributed by atoms with Crippen LogP contribution in [-0.4, -0.2) is 35.9 Å². The van der Waals surface area contributed by atoms with Gasteiger partial charge in [-0.25, -0.2) is 0 Å². The predicted octanol–water partition coefficient (Wildman–Crippen LogP) is 2.45. The van der Waals surface area contributed by atoms with Gasteiger partial charge in [0.2, 0.25) is 5.91 Å². The molecule has 1 atom stereocenters. The second-order valence-corrected chi connectivity index (χ2v) is 6.13. The Hall–Kier alpha value is -1.76. The number of ether oxygens (including phenoxy) is 1. The Kier molecular flexibility index (Phi) is 5.19. The molecule has 0 saturated heterocycles. The quantitative estimate of drug-likeness (QED) is 0.807. The van der Waals surface area contributed by atoms with Crippen molar-refractivity contribution in [2.24, 2.45) is 5.92 Å². The van der Waals surface area contributed by atoms with Crippen molar-refractivity contribution >= 4 is 5.91 Å². The SMILES string of the molecule is CC(CO)(NC(=O)Cc1cccc(OCC(F)(F)F)c1)C1CC1. The van der Waals surface area contributed by atoms with Crippen molar-refractivity contribution in [3.05, 3.63) is 29.8 Å². The first-order chi connectivity index (χ1) is 10.7. The van der Waals surface area contributed by atoms with E-state index in [2.05, 4.69) is 10.1 Å². The summed E-state index contributed by atoms with van der Waals surface area (Å²) in [6, 6.07) is 6.02. The van der Waals surface area contributed by atoms with Crippen LogP contribution >= 0.6 is 0 Å². The van der Waals surface area contributed by atoms with Crippen molar-refractivity contribution in [2.45, 2.75) is 37.9 Å². The van der Waals surface area contributed by atoms with E-state index in [4.69, 9.17) is 0 Å². The number of aliphatic hydroxyl groups is 1. The summed E-state index contributed by atoms with van der Waals surface area (Å²) in [4.78, 5) is 12.1. The third kappa shape index (κ3) is 5.42. The monoisotopic (exact) mass is 331 g/mol. The molecule has 1 fully saturated rings. The summed E-state index contributed by atoms with van der Waals surface area (Å²) in [7, 11) is 0. The van der Waals surface area contributed by atoms with Gasteiger partial charge in [-0.3, -0.25) is 4.79 Å². The van der Waals surface area contributed by atoms with E-state index in [0.29, 0.717) is 5.56 Å². The molecule has 0 bridgehead atoms. The molecule has 1 unspecified atom stereocenters. The minimum Gasteiger partial charge on any atom is -0.484 e. The zero-order valence-corrected chi connectivity index (χ0v) is 12.8. The van der Waals surface area contributed by atoms with Crippen LogP contribution in [0.25, 0.3) is 0 Å². The molecule has 1 amide bonds. The molecule has 1 aliphatic carbocycles. The van der Waals surface area contributed by atoms with Gasteiger partial charge in [-0.15, -0.1) is 0 Å². The summed E-state index contributed by atoms with van der Waals surface area (Å²) in [5.74, 6) is 0.0686. The minimum atomic E-state index is -4.40. The topological polar surface area (TPSA) is 58.6 Å². The zero-order chi connectivity index (χ0) is 17.1. The molecule has 1 aromatic carbocycles. The van der Waals surface area contributed by atoms with Crippen LogP contribution in [0.5, 0.6) is 5.75 Å². The van der Waals surface area contributed by atoms with Crippen LogP contribution < -0.4 is 10.1 Å². The predicted molar refractivity (Wildman–Crippen MR) is 78.1 cm³/mol. The largest absolute Gasteiger partial charge is 0.484 e. The number of carbonyl (C=O) groups excluding carboxylic acids is 1. The summed E-state index contributed by atoms with van der Waals surface area (Å²) in [6.45, 7) is 0.288. The van der Waals surface area contributed by atoms with E-state index in [-0.39, 0.29) is 30.6 Å². The van der Waals surface area contributed by atoms with Gasteiger partial charge in [0.25, 0.3) is 0 Å². The lowest BCUT2D eigenvalue weighted by molar-refractivity contribution is -0.153. The Morgan fingerprint density at radius 3 is 2.65 bits per heavy atom. The fourth-order valence-electron chi connectivity index (χ4n) is 2.45. The summed E-state index contributed by atoms with van der Waals surface area (Å²) in [5.41, 5.74) is -0.0835. The van der Waals surface area contributed by atoms with Crippen LogP contribution in [0.3, 0.4) is 0 Å². The molecule has 0 aliphatic heterocycles. The normalized spacial score (nSPS) is 17.4. The summed E-state index contributed by atoms with van der Waals surface area (Å²) in [6.07, 6.45) is -2.44. The van der Waals surface area contributed by atoms with Crippen LogP contribution in [0.4, 0.5) is 13.2 Å². The van der Waals surface area contributed by atoms with Gasteiger partial charge in [0, 0.05) is 0 Å². The van der Waals surface area contributed by atoms with Gasteiger partial charge in [-0.1, -0.05) is 12.1 Å². The lowest BCUT2D eigenvalue weighted by atomic mass is 9.96. The molecular formula is C16H20F3NO3. The number of aliphatic hydroxyl groups excluding tert-OH is 1. The average molecular weight is 331 g/mol. The number of nitrogens with one attached hydrogen (secondary N) is 1. The van der Waals surface area contributed by atoms with Crippen molar-refractivity contribution in [1.29, 1.82) is 0 Å². The van der Waals surface area contributed by atoms with Crippen LogP contribution in [0, 0.1) is 5.92 Å². The van der Waals surface area contributed by atoms with Crippen molar-refractivity contribution in [3.63, 3.8) is 0 Å². The standard InChI is InChI=1S/C16H20F3NO3/c1-15(9-21,12-5-6-12)20-14(22)8-11-3-2-4-13(7-11)23-10-16(17,18)19/h2-4,7,12,21H,5-6,8-10H2,1H3,(H,20,22). The highest BCUT2D eigenvalue weighted by atomic mass is 19.4. The van der Waals surface area contributed by atoms with Crippen molar-refractivity contribution in [1.82, 2.24) is 5.32 Å². The van der Waals surface area contributed by atoms with Crippen molar-refractivity contribution in [3.8, 4) is 5.75 Å². The van der Waals surface area contributed by atoms with E-state index in [9.17, 15) is 23.1 Å². The molecule has 7 heteroatoms. The number of hydrogen-bond acceptors (Lipinski definition) is 3. The van der Waals surface area contributed by atoms with Gasteiger partial charge in [0.15, 0.2) is 6.61 Å². The van der Waals surface area contributed by atoms with Gasteiger partial charge in [-0.05, 0) is 43.4 Å². The van der Waals surface area contributed by atoms with E-state index in [1.807, 2.05) is 0 Å². The molecule has 1 saturated carbocycles. The highest BCUT2D eigenvalue weighted by Crippen LogP contribution is 2.39. The molecular weight excluding hydrogens is 311 g/mol. The maximum Gasteiger partial charge on any atom is 0.422 e. The molecule has 0 spiro atoms. The summed E-state index contributed by atoms with van der Waals surface area (Å²) >= 11 is 0. The molecule has 0 radical (unpaired) electrons. The third-order valence-corrected chi connectivity index (χ3v) is 3.90. The number of hydrogen-bond donors (Lipinski definition) is 2. The number of amides is 1. The maximum absolute atomic E-state index is 12.1. The number of halogens is 3. The smallest absolute Gasteiger partial charge is 0.422 e. The van der Waals surface area contributed by atoms with E-state index >= 15 is 0 Å². The molecule has 2 N–H and O–H groups in total. The number of benzene rings is 1. The highest BCUT2D eigenvalue weighted by Gasteiger charge is 2.42. The fourth-order valence-corrected chi connectivity index (χ4v) is 2.45. The highest BCUT2D eigenvalue weighted by molar-refractivity contribution is 5.79.